The van der Waals surface area contributed by atoms with E-state index >= 15 is 0 Å². The van der Waals surface area contributed by atoms with Crippen LogP contribution in [0.25, 0.3) is 28.1 Å². The molecule has 0 saturated carbocycles. The van der Waals surface area contributed by atoms with Gasteiger partial charge in [-0.2, -0.15) is 5.10 Å². The van der Waals surface area contributed by atoms with E-state index in [4.69, 9.17) is 11.6 Å². The summed E-state index contributed by atoms with van der Waals surface area (Å²) in [4.78, 5) is 16.2. The highest BCUT2D eigenvalue weighted by Gasteiger charge is 2.24. The number of hydrazone groups is 1. The first-order valence-corrected chi connectivity index (χ1v) is 10.5. The minimum atomic E-state index is -0.151. The van der Waals surface area contributed by atoms with Gasteiger partial charge in [0, 0.05) is 27.9 Å². The highest BCUT2D eigenvalue weighted by Crippen LogP contribution is 2.32. The van der Waals surface area contributed by atoms with Crippen LogP contribution < -0.4 is 11.0 Å². The second kappa shape index (κ2) is 8.25. The van der Waals surface area contributed by atoms with E-state index in [0.29, 0.717) is 17.0 Å². The third-order valence-corrected chi connectivity index (χ3v) is 5.66. The maximum Gasteiger partial charge on any atom is 0.258 e. The Morgan fingerprint density at radius 2 is 1.68 bits per heavy atom. The molecule has 0 bridgehead atoms. The molecular weight excluding hydrogens is 406 g/mol. The second-order valence-corrected chi connectivity index (χ2v) is 7.96. The SMILES string of the molecule is O=c1[nH]c2ccc(Cl)cc2c(-c2ccccc2)c1C1=NNC(/C=C/c2ccccc2)C1. The number of H-pyrrole nitrogens is 1. The molecule has 4 aromatic rings. The van der Waals surface area contributed by atoms with E-state index in [9.17, 15) is 4.79 Å². The molecule has 31 heavy (non-hydrogen) atoms. The molecule has 0 fully saturated rings. The van der Waals surface area contributed by atoms with Gasteiger partial charge < -0.3 is 10.4 Å². The molecule has 1 atom stereocenters. The Hall–Kier alpha value is -3.63. The van der Waals surface area contributed by atoms with Crippen molar-refractivity contribution in [1.29, 1.82) is 0 Å². The second-order valence-electron chi connectivity index (χ2n) is 7.53. The van der Waals surface area contributed by atoms with Crippen molar-refractivity contribution < 1.29 is 0 Å². The van der Waals surface area contributed by atoms with Crippen molar-refractivity contribution in [2.45, 2.75) is 12.5 Å². The highest BCUT2D eigenvalue weighted by atomic mass is 35.5. The van der Waals surface area contributed by atoms with E-state index in [2.05, 4.69) is 39.8 Å². The summed E-state index contributed by atoms with van der Waals surface area (Å²) in [6, 6.07) is 25.6. The van der Waals surface area contributed by atoms with Gasteiger partial charge in [0.15, 0.2) is 0 Å². The Kier molecular flexibility index (Phi) is 5.14. The number of halogens is 1. The van der Waals surface area contributed by atoms with Crippen molar-refractivity contribution in [3.05, 3.63) is 111 Å². The third-order valence-electron chi connectivity index (χ3n) is 5.43. The van der Waals surface area contributed by atoms with Crippen molar-refractivity contribution in [3.8, 4) is 11.1 Å². The Morgan fingerprint density at radius 1 is 0.935 bits per heavy atom. The summed E-state index contributed by atoms with van der Waals surface area (Å²) in [5.74, 6) is 0. The number of nitrogens with zero attached hydrogens (tertiary/aromatic N) is 1. The van der Waals surface area contributed by atoms with Gasteiger partial charge in [-0.1, -0.05) is 84.4 Å². The van der Waals surface area contributed by atoms with Gasteiger partial charge in [-0.25, -0.2) is 0 Å². The molecular formula is C26H20ClN3O. The number of fused-ring (bicyclic) bond motifs is 1. The Balaban J connectivity index is 1.58. The molecule has 2 heterocycles. The first kappa shape index (κ1) is 19.3. The molecule has 1 aliphatic heterocycles. The van der Waals surface area contributed by atoms with Gasteiger partial charge in [0.2, 0.25) is 0 Å². The molecule has 4 nitrogen and oxygen atoms in total. The van der Waals surface area contributed by atoms with Crippen LogP contribution in [-0.2, 0) is 0 Å². The molecule has 0 spiro atoms. The van der Waals surface area contributed by atoms with E-state index in [0.717, 1.165) is 33.3 Å². The average Bonchev–Trinajstić information content (AvgIpc) is 3.27. The summed E-state index contributed by atoms with van der Waals surface area (Å²) >= 11 is 6.31. The minimum absolute atomic E-state index is 0.0216. The zero-order valence-electron chi connectivity index (χ0n) is 16.7. The average molecular weight is 426 g/mol. The molecule has 0 radical (unpaired) electrons. The zero-order valence-corrected chi connectivity index (χ0v) is 17.4. The lowest BCUT2D eigenvalue weighted by molar-refractivity contribution is 0.694. The van der Waals surface area contributed by atoms with Gasteiger partial charge in [0.25, 0.3) is 5.56 Å². The maximum absolute atomic E-state index is 13.2. The summed E-state index contributed by atoms with van der Waals surface area (Å²) < 4.78 is 0. The predicted octanol–water partition coefficient (Wildman–Crippen LogP) is 5.63. The van der Waals surface area contributed by atoms with Gasteiger partial charge in [0.1, 0.15) is 0 Å². The zero-order chi connectivity index (χ0) is 21.2. The Labute approximate surface area is 184 Å². The van der Waals surface area contributed by atoms with E-state index < -0.39 is 0 Å². The quantitative estimate of drug-likeness (QED) is 0.445. The third kappa shape index (κ3) is 3.90. The van der Waals surface area contributed by atoms with Crippen LogP contribution in [0.3, 0.4) is 0 Å². The number of hydrogen-bond acceptors (Lipinski definition) is 3. The van der Waals surface area contributed by atoms with Crippen molar-refractivity contribution >= 4 is 34.3 Å². The minimum Gasteiger partial charge on any atom is -0.321 e. The Morgan fingerprint density at radius 3 is 2.45 bits per heavy atom. The molecule has 152 valence electrons. The van der Waals surface area contributed by atoms with Crippen LogP contribution >= 0.6 is 11.6 Å². The lowest BCUT2D eigenvalue weighted by Gasteiger charge is -2.13. The summed E-state index contributed by atoms with van der Waals surface area (Å²) in [7, 11) is 0. The van der Waals surface area contributed by atoms with Crippen molar-refractivity contribution in [2.75, 3.05) is 0 Å². The molecule has 1 aliphatic rings. The molecule has 0 amide bonds. The smallest absolute Gasteiger partial charge is 0.258 e. The fourth-order valence-corrected chi connectivity index (χ4v) is 4.14. The number of aromatic amines is 1. The van der Waals surface area contributed by atoms with Crippen molar-refractivity contribution in [2.24, 2.45) is 5.10 Å². The number of pyridine rings is 1. The number of benzene rings is 3. The van der Waals surface area contributed by atoms with Gasteiger partial charge in [-0.3, -0.25) is 4.79 Å². The maximum atomic E-state index is 13.2. The molecule has 1 unspecified atom stereocenters. The topological polar surface area (TPSA) is 57.2 Å². The number of aromatic nitrogens is 1. The van der Waals surface area contributed by atoms with Gasteiger partial charge in [-0.05, 0) is 29.3 Å². The van der Waals surface area contributed by atoms with E-state index in [1.54, 1.807) is 6.07 Å². The molecule has 0 aliphatic carbocycles. The van der Waals surface area contributed by atoms with Crippen LogP contribution in [-0.4, -0.2) is 16.7 Å². The van der Waals surface area contributed by atoms with Crippen LogP contribution in [0.15, 0.2) is 94.8 Å². The number of rotatable bonds is 4. The fraction of sp³-hybridized carbons (Fsp3) is 0.0769. The molecule has 0 saturated heterocycles. The molecule has 2 N–H and O–H groups in total. The van der Waals surface area contributed by atoms with Crippen LogP contribution in [0.2, 0.25) is 5.02 Å². The fourth-order valence-electron chi connectivity index (χ4n) is 3.97. The Bertz CT molecular complexity index is 1360. The van der Waals surface area contributed by atoms with Gasteiger partial charge >= 0.3 is 0 Å². The predicted molar refractivity (Wildman–Crippen MR) is 129 cm³/mol. The van der Waals surface area contributed by atoms with E-state index in [1.807, 2.05) is 60.7 Å². The van der Waals surface area contributed by atoms with E-state index in [-0.39, 0.29) is 11.6 Å². The lowest BCUT2D eigenvalue weighted by atomic mass is 9.92. The van der Waals surface area contributed by atoms with E-state index in [1.165, 1.54) is 0 Å². The molecule has 5 heteroatoms. The van der Waals surface area contributed by atoms with Crippen molar-refractivity contribution in [1.82, 2.24) is 10.4 Å². The number of hydrogen-bond donors (Lipinski definition) is 2. The highest BCUT2D eigenvalue weighted by molar-refractivity contribution is 6.31. The normalized spacial score (nSPS) is 15.9. The summed E-state index contributed by atoms with van der Waals surface area (Å²) in [5.41, 5.74) is 8.04. The summed E-state index contributed by atoms with van der Waals surface area (Å²) in [6.07, 6.45) is 4.77. The first-order valence-electron chi connectivity index (χ1n) is 10.2. The van der Waals surface area contributed by atoms with Crippen molar-refractivity contribution in [3.63, 3.8) is 0 Å². The van der Waals surface area contributed by atoms with Gasteiger partial charge in [0.05, 0.1) is 17.3 Å². The monoisotopic (exact) mass is 425 g/mol. The molecule has 3 aromatic carbocycles. The standard InChI is InChI=1S/C26H20ClN3O/c27-19-12-14-22-21(15-19)24(18-9-5-2-6-10-18)25(26(31)28-22)23-16-20(29-30-23)13-11-17-7-3-1-4-8-17/h1-15,20,29H,16H2,(H,28,31)/b13-11+. The first-order chi connectivity index (χ1) is 15.2. The molecule has 1 aromatic heterocycles. The summed E-state index contributed by atoms with van der Waals surface area (Å²) in [5, 5.41) is 6.06. The number of nitrogens with one attached hydrogen (secondary N) is 2. The largest absolute Gasteiger partial charge is 0.321 e. The van der Waals surface area contributed by atoms with Crippen LogP contribution in [0.5, 0.6) is 0 Å². The molecule has 5 rings (SSSR count). The van der Waals surface area contributed by atoms with Crippen LogP contribution in [0.4, 0.5) is 0 Å². The summed E-state index contributed by atoms with van der Waals surface area (Å²) in [6.45, 7) is 0. The van der Waals surface area contributed by atoms with Gasteiger partial charge in [-0.15, -0.1) is 0 Å². The van der Waals surface area contributed by atoms with Crippen LogP contribution in [0.1, 0.15) is 17.5 Å². The van der Waals surface area contributed by atoms with Crippen LogP contribution in [0, 0.1) is 0 Å². The lowest BCUT2D eigenvalue weighted by Crippen LogP contribution is -2.21.